The van der Waals surface area contributed by atoms with Crippen molar-refractivity contribution in [2.24, 2.45) is 5.41 Å². The first-order valence-corrected chi connectivity index (χ1v) is 7.05. The average molecular weight is 255 g/mol. The number of rotatable bonds is 8. The van der Waals surface area contributed by atoms with Crippen molar-refractivity contribution in [2.45, 2.75) is 32.5 Å². The number of thiophene rings is 1. The molecular formula is C13H21NO2S. The van der Waals surface area contributed by atoms with Crippen LogP contribution < -0.4 is 5.32 Å². The van der Waals surface area contributed by atoms with Crippen LogP contribution in [0.2, 0.25) is 0 Å². The van der Waals surface area contributed by atoms with E-state index in [0.29, 0.717) is 25.2 Å². The average Bonchev–Trinajstić information content (AvgIpc) is 2.80. The zero-order chi connectivity index (χ0) is 12.1. The lowest BCUT2D eigenvalue weighted by Crippen LogP contribution is -2.33. The Morgan fingerprint density at radius 1 is 1.59 bits per heavy atom. The molecule has 0 spiro atoms. The predicted octanol–water partition coefficient (Wildman–Crippen LogP) is 2.02. The van der Waals surface area contributed by atoms with Crippen molar-refractivity contribution in [3.8, 4) is 0 Å². The lowest BCUT2D eigenvalue weighted by atomic mass is 10.1. The van der Waals surface area contributed by atoms with E-state index >= 15 is 0 Å². The van der Waals surface area contributed by atoms with E-state index in [1.165, 1.54) is 17.7 Å². The molecule has 1 aromatic rings. The van der Waals surface area contributed by atoms with Crippen molar-refractivity contribution in [1.29, 1.82) is 0 Å². The van der Waals surface area contributed by atoms with Crippen LogP contribution in [-0.4, -0.2) is 30.9 Å². The fraction of sp³-hybridized carbons (Fsp3) is 0.692. The van der Waals surface area contributed by atoms with Crippen molar-refractivity contribution in [3.05, 3.63) is 22.4 Å². The lowest BCUT2D eigenvalue weighted by Gasteiger charge is -2.14. The van der Waals surface area contributed by atoms with Gasteiger partial charge in [0.05, 0.1) is 19.3 Å². The van der Waals surface area contributed by atoms with E-state index in [1.54, 1.807) is 11.3 Å². The number of hydrogen-bond acceptors (Lipinski definition) is 4. The van der Waals surface area contributed by atoms with Gasteiger partial charge in [-0.15, -0.1) is 11.3 Å². The molecule has 0 aromatic carbocycles. The molecule has 3 nitrogen and oxygen atoms in total. The minimum atomic E-state index is -0.405. The Bertz CT molecular complexity index is 322. The Kier molecular flexibility index (Phi) is 4.56. The SMILES string of the molecule is CC1(CNCC(O)COCc2cccs2)CC1. The quantitative estimate of drug-likeness (QED) is 0.746. The summed E-state index contributed by atoms with van der Waals surface area (Å²) in [6.45, 7) is 4.92. The third-order valence-electron chi connectivity index (χ3n) is 3.17. The maximum Gasteiger partial charge on any atom is 0.0897 e. The largest absolute Gasteiger partial charge is 0.389 e. The third-order valence-corrected chi connectivity index (χ3v) is 4.02. The number of ether oxygens (including phenoxy) is 1. The van der Waals surface area contributed by atoms with Gasteiger partial charge in [0.25, 0.3) is 0 Å². The van der Waals surface area contributed by atoms with Crippen LogP contribution in [0.5, 0.6) is 0 Å². The molecule has 1 atom stereocenters. The van der Waals surface area contributed by atoms with E-state index in [1.807, 2.05) is 17.5 Å². The molecule has 2 N–H and O–H groups in total. The Labute approximate surface area is 107 Å². The van der Waals surface area contributed by atoms with Gasteiger partial charge in [-0.3, -0.25) is 0 Å². The first kappa shape index (κ1) is 13.0. The van der Waals surface area contributed by atoms with Crippen molar-refractivity contribution in [2.75, 3.05) is 19.7 Å². The number of aliphatic hydroxyl groups excluding tert-OH is 1. The Morgan fingerprint density at radius 2 is 2.41 bits per heavy atom. The van der Waals surface area contributed by atoms with Gasteiger partial charge in [-0.2, -0.15) is 0 Å². The van der Waals surface area contributed by atoms with Crippen molar-refractivity contribution >= 4 is 11.3 Å². The number of aliphatic hydroxyl groups is 1. The fourth-order valence-corrected chi connectivity index (χ4v) is 2.32. The summed E-state index contributed by atoms with van der Waals surface area (Å²) < 4.78 is 5.46. The van der Waals surface area contributed by atoms with Crippen LogP contribution >= 0.6 is 11.3 Å². The molecule has 17 heavy (non-hydrogen) atoms. The van der Waals surface area contributed by atoms with E-state index < -0.39 is 6.10 Å². The van der Waals surface area contributed by atoms with E-state index in [-0.39, 0.29) is 0 Å². The molecule has 0 saturated heterocycles. The summed E-state index contributed by atoms with van der Waals surface area (Å²) in [6, 6.07) is 4.06. The molecule has 1 fully saturated rings. The molecule has 0 bridgehead atoms. The molecule has 1 unspecified atom stereocenters. The topological polar surface area (TPSA) is 41.5 Å². The predicted molar refractivity (Wildman–Crippen MR) is 70.2 cm³/mol. The summed E-state index contributed by atoms with van der Waals surface area (Å²) in [5, 5.41) is 15.0. The molecule has 0 amide bonds. The number of hydrogen-bond donors (Lipinski definition) is 2. The van der Waals surface area contributed by atoms with Gasteiger partial charge in [0, 0.05) is 18.0 Å². The minimum Gasteiger partial charge on any atom is -0.389 e. The van der Waals surface area contributed by atoms with Gasteiger partial charge in [-0.25, -0.2) is 0 Å². The summed E-state index contributed by atoms with van der Waals surface area (Å²) >= 11 is 1.68. The summed E-state index contributed by atoms with van der Waals surface area (Å²) in [4.78, 5) is 1.20. The molecule has 0 radical (unpaired) electrons. The van der Waals surface area contributed by atoms with E-state index in [0.717, 1.165) is 6.54 Å². The highest BCUT2D eigenvalue weighted by molar-refractivity contribution is 7.09. The normalized spacial score (nSPS) is 19.2. The van der Waals surface area contributed by atoms with Crippen LogP contribution in [-0.2, 0) is 11.3 Å². The van der Waals surface area contributed by atoms with Crippen LogP contribution in [0.25, 0.3) is 0 Å². The lowest BCUT2D eigenvalue weighted by molar-refractivity contribution is 0.0294. The van der Waals surface area contributed by atoms with Crippen LogP contribution in [0, 0.1) is 5.41 Å². The van der Waals surface area contributed by atoms with Crippen LogP contribution in [0.3, 0.4) is 0 Å². The first-order chi connectivity index (χ1) is 8.18. The molecule has 1 aliphatic carbocycles. The second-order valence-electron chi connectivity index (χ2n) is 5.19. The highest BCUT2D eigenvalue weighted by Crippen LogP contribution is 2.43. The van der Waals surface area contributed by atoms with Crippen molar-refractivity contribution in [3.63, 3.8) is 0 Å². The third kappa shape index (κ3) is 4.76. The maximum absolute atomic E-state index is 9.71. The zero-order valence-electron chi connectivity index (χ0n) is 10.3. The molecule has 96 valence electrons. The second-order valence-corrected chi connectivity index (χ2v) is 6.22. The minimum absolute atomic E-state index is 0.404. The van der Waals surface area contributed by atoms with Crippen molar-refractivity contribution in [1.82, 2.24) is 5.32 Å². The Hall–Kier alpha value is -0.420. The van der Waals surface area contributed by atoms with Gasteiger partial charge >= 0.3 is 0 Å². The second kappa shape index (κ2) is 5.96. The molecular weight excluding hydrogens is 234 g/mol. The van der Waals surface area contributed by atoms with Gasteiger partial charge in [-0.1, -0.05) is 13.0 Å². The number of nitrogens with one attached hydrogen (secondary N) is 1. The molecule has 1 aromatic heterocycles. The highest BCUT2D eigenvalue weighted by atomic mass is 32.1. The van der Waals surface area contributed by atoms with Gasteiger partial charge in [0.2, 0.25) is 0 Å². The first-order valence-electron chi connectivity index (χ1n) is 6.17. The summed E-state index contributed by atoms with van der Waals surface area (Å²) in [5.74, 6) is 0. The Morgan fingerprint density at radius 3 is 3.06 bits per heavy atom. The summed E-state index contributed by atoms with van der Waals surface area (Å²) in [7, 11) is 0. The van der Waals surface area contributed by atoms with E-state index in [2.05, 4.69) is 12.2 Å². The molecule has 1 saturated carbocycles. The van der Waals surface area contributed by atoms with Gasteiger partial charge in [0.15, 0.2) is 0 Å². The Balaban J connectivity index is 1.50. The van der Waals surface area contributed by atoms with Gasteiger partial charge < -0.3 is 15.2 Å². The monoisotopic (exact) mass is 255 g/mol. The fourth-order valence-electron chi connectivity index (χ4n) is 1.68. The van der Waals surface area contributed by atoms with Gasteiger partial charge in [0.1, 0.15) is 0 Å². The highest BCUT2D eigenvalue weighted by Gasteiger charge is 2.36. The van der Waals surface area contributed by atoms with Crippen LogP contribution in [0.4, 0.5) is 0 Å². The van der Waals surface area contributed by atoms with Crippen molar-refractivity contribution < 1.29 is 9.84 Å². The van der Waals surface area contributed by atoms with Gasteiger partial charge in [-0.05, 0) is 29.7 Å². The molecule has 1 aliphatic rings. The molecule has 4 heteroatoms. The summed E-state index contributed by atoms with van der Waals surface area (Å²) in [6.07, 6.45) is 2.22. The van der Waals surface area contributed by atoms with E-state index in [9.17, 15) is 5.11 Å². The molecule has 2 rings (SSSR count). The van der Waals surface area contributed by atoms with Crippen LogP contribution in [0.15, 0.2) is 17.5 Å². The maximum atomic E-state index is 9.71. The smallest absolute Gasteiger partial charge is 0.0897 e. The molecule has 0 aliphatic heterocycles. The summed E-state index contributed by atoms with van der Waals surface area (Å²) in [5.41, 5.74) is 0.498. The zero-order valence-corrected chi connectivity index (χ0v) is 11.1. The standard InChI is InChI=1S/C13H21NO2S/c1-13(4-5-13)10-14-7-11(15)8-16-9-12-3-2-6-17-12/h2-3,6,11,14-15H,4-5,7-10H2,1H3. The van der Waals surface area contributed by atoms with Crippen LogP contribution in [0.1, 0.15) is 24.6 Å². The molecule has 1 heterocycles. The van der Waals surface area contributed by atoms with E-state index in [4.69, 9.17) is 4.74 Å².